The molecule has 0 atom stereocenters. The van der Waals surface area contributed by atoms with Gasteiger partial charge in [-0.2, -0.15) is 0 Å². The largest absolute Gasteiger partial charge is 0.383 e. The monoisotopic (exact) mass is 336 g/mol. The van der Waals surface area contributed by atoms with Gasteiger partial charge < -0.3 is 5.32 Å². The average Bonchev–Trinajstić information content (AvgIpc) is 2.94. The van der Waals surface area contributed by atoms with Gasteiger partial charge in [0, 0.05) is 37.3 Å². The van der Waals surface area contributed by atoms with Crippen LogP contribution < -0.4 is 5.32 Å². The summed E-state index contributed by atoms with van der Waals surface area (Å²) in [5.74, 6) is 0. The Bertz CT molecular complexity index is 753. The second-order valence-electron chi connectivity index (χ2n) is 5.59. The number of anilines is 1. The van der Waals surface area contributed by atoms with Crippen molar-refractivity contribution in [2.75, 3.05) is 31.2 Å². The maximum Gasteiger partial charge on any atom is 0.177 e. The summed E-state index contributed by atoms with van der Waals surface area (Å²) in [5, 5.41) is 5.43. The van der Waals surface area contributed by atoms with Gasteiger partial charge in [0.1, 0.15) is 0 Å². The van der Waals surface area contributed by atoms with Crippen LogP contribution in [0, 0.1) is 0 Å². The molecule has 0 saturated heterocycles. The number of rotatable bonds is 5. The van der Waals surface area contributed by atoms with E-state index in [1.807, 2.05) is 23.5 Å². The minimum Gasteiger partial charge on any atom is -0.383 e. The third-order valence-electron chi connectivity index (χ3n) is 3.92. The summed E-state index contributed by atoms with van der Waals surface area (Å²) in [6.07, 6.45) is 2.36. The molecule has 2 heterocycles. The molecule has 0 saturated carbocycles. The molecule has 0 unspecified atom stereocenters. The maximum absolute atomic E-state index is 11.8. The third kappa shape index (κ3) is 3.51. The van der Waals surface area contributed by atoms with Crippen molar-refractivity contribution in [3.05, 3.63) is 46.2 Å². The van der Waals surface area contributed by atoms with Gasteiger partial charge in [0.05, 0.1) is 10.6 Å². The first-order chi connectivity index (χ1) is 10.5. The minimum atomic E-state index is -3.20. The van der Waals surface area contributed by atoms with Crippen LogP contribution >= 0.6 is 11.3 Å². The van der Waals surface area contributed by atoms with Crippen LogP contribution in [0.3, 0.4) is 0 Å². The number of thiophene rings is 1. The molecule has 0 bridgehead atoms. The standard InChI is InChI=1S/C16H20N2O2S2/c1-22(19,20)16-5-3-2-4-14(16)17-8-10-18-9-6-15-13(12-18)7-11-21-15/h2-5,7,11,17H,6,8-10,12H2,1H3. The Hall–Kier alpha value is -1.37. The van der Waals surface area contributed by atoms with E-state index in [9.17, 15) is 8.42 Å². The van der Waals surface area contributed by atoms with Crippen LogP contribution in [-0.4, -0.2) is 39.2 Å². The molecule has 6 heteroatoms. The fraction of sp³-hybridized carbons (Fsp3) is 0.375. The lowest BCUT2D eigenvalue weighted by molar-refractivity contribution is 0.266. The van der Waals surface area contributed by atoms with E-state index in [0.717, 1.165) is 32.6 Å². The van der Waals surface area contributed by atoms with Gasteiger partial charge in [-0.15, -0.1) is 11.3 Å². The van der Waals surface area contributed by atoms with Crippen molar-refractivity contribution < 1.29 is 8.42 Å². The molecule has 1 aromatic carbocycles. The summed E-state index contributed by atoms with van der Waals surface area (Å²) in [5.41, 5.74) is 2.13. The topological polar surface area (TPSA) is 49.4 Å². The minimum absolute atomic E-state index is 0.369. The lowest BCUT2D eigenvalue weighted by Crippen LogP contribution is -2.33. The van der Waals surface area contributed by atoms with Crippen molar-refractivity contribution in [3.8, 4) is 0 Å². The van der Waals surface area contributed by atoms with Gasteiger partial charge in [0.2, 0.25) is 0 Å². The fourth-order valence-electron chi connectivity index (χ4n) is 2.78. The van der Waals surface area contributed by atoms with Gasteiger partial charge in [-0.1, -0.05) is 12.1 Å². The number of hydrogen-bond acceptors (Lipinski definition) is 5. The Morgan fingerprint density at radius 3 is 2.91 bits per heavy atom. The molecule has 118 valence electrons. The summed E-state index contributed by atoms with van der Waals surface area (Å²) in [6.45, 7) is 3.72. The number of fused-ring (bicyclic) bond motifs is 1. The van der Waals surface area contributed by atoms with Crippen LogP contribution in [-0.2, 0) is 22.8 Å². The Kier molecular flexibility index (Phi) is 4.52. The predicted octanol–water partition coefficient (Wildman–Crippen LogP) is 2.62. The van der Waals surface area contributed by atoms with E-state index >= 15 is 0 Å². The number of hydrogen-bond donors (Lipinski definition) is 1. The number of nitrogens with one attached hydrogen (secondary N) is 1. The highest BCUT2D eigenvalue weighted by atomic mass is 32.2. The number of sulfone groups is 1. The van der Waals surface area contributed by atoms with Gasteiger partial charge in [-0.3, -0.25) is 4.90 Å². The highest BCUT2D eigenvalue weighted by Gasteiger charge is 2.17. The van der Waals surface area contributed by atoms with E-state index in [0.29, 0.717) is 10.6 Å². The molecule has 0 radical (unpaired) electrons. The summed E-state index contributed by atoms with van der Waals surface area (Å²) in [4.78, 5) is 4.28. The van der Waals surface area contributed by atoms with Crippen LogP contribution in [0.25, 0.3) is 0 Å². The zero-order chi connectivity index (χ0) is 15.6. The zero-order valence-corrected chi connectivity index (χ0v) is 14.2. The molecule has 1 aliphatic heterocycles. The molecule has 1 aliphatic rings. The van der Waals surface area contributed by atoms with Crippen LogP contribution in [0.2, 0.25) is 0 Å². The highest BCUT2D eigenvalue weighted by molar-refractivity contribution is 7.90. The second kappa shape index (κ2) is 6.40. The fourth-order valence-corrected chi connectivity index (χ4v) is 4.54. The smallest absolute Gasteiger partial charge is 0.177 e. The van der Waals surface area contributed by atoms with Crippen LogP contribution in [0.4, 0.5) is 5.69 Å². The summed E-state index contributed by atoms with van der Waals surface area (Å²) >= 11 is 1.84. The van der Waals surface area contributed by atoms with Crippen LogP contribution in [0.1, 0.15) is 10.4 Å². The van der Waals surface area contributed by atoms with Gasteiger partial charge in [0.25, 0.3) is 0 Å². The van der Waals surface area contributed by atoms with Crippen molar-refractivity contribution in [2.45, 2.75) is 17.9 Å². The Morgan fingerprint density at radius 1 is 1.27 bits per heavy atom. The molecule has 0 fully saturated rings. The Labute approximate surface area is 135 Å². The molecule has 1 aromatic heterocycles. The Balaban J connectivity index is 1.59. The van der Waals surface area contributed by atoms with Crippen molar-refractivity contribution in [3.63, 3.8) is 0 Å². The molecular weight excluding hydrogens is 316 g/mol. The van der Waals surface area contributed by atoms with E-state index in [2.05, 4.69) is 21.7 Å². The van der Waals surface area contributed by atoms with Gasteiger partial charge in [0.15, 0.2) is 9.84 Å². The maximum atomic E-state index is 11.8. The van der Waals surface area contributed by atoms with Crippen molar-refractivity contribution in [1.82, 2.24) is 4.90 Å². The second-order valence-corrected chi connectivity index (χ2v) is 8.58. The lowest BCUT2D eigenvalue weighted by atomic mass is 10.1. The van der Waals surface area contributed by atoms with E-state index in [-0.39, 0.29) is 0 Å². The normalized spacial score (nSPS) is 15.5. The van der Waals surface area contributed by atoms with Gasteiger partial charge >= 0.3 is 0 Å². The van der Waals surface area contributed by atoms with Gasteiger partial charge in [-0.05, 0) is 35.6 Å². The molecule has 2 aromatic rings. The molecule has 0 aliphatic carbocycles. The van der Waals surface area contributed by atoms with E-state index in [1.54, 1.807) is 12.1 Å². The highest BCUT2D eigenvalue weighted by Crippen LogP contribution is 2.24. The van der Waals surface area contributed by atoms with Crippen LogP contribution in [0.5, 0.6) is 0 Å². The number of benzene rings is 1. The number of nitrogens with zero attached hydrogens (tertiary/aromatic N) is 1. The third-order valence-corrected chi connectivity index (χ3v) is 6.09. The molecule has 22 heavy (non-hydrogen) atoms. The summed E-state index contributed by atoms with van der Waals surface area (Å²) in [6, 6.07) is 9.29. The summed E-state index contributed by atoms with van der Waals surface area (Å²) in [7, 11) is -3.20. The first-order valence-electron chi connectivity index (χ1n) is 7.34. The molecular formula is C16H20N2O2S2. The van der Waals surface area contributed by atoms with Crippen molar-refractivity contribution in [2.24, 2.45) is 0 Å². The lowest BCUT2D eigenvalue weighted by Gasteiger charge is -2.27. The first kappa shape index (κ1) is 15.5. The quantitative estimate of drug-likeness (QED) is 0.912. The predicted molar refractivity (Wildman–Crippen MR) is 91.3 cm³/mol. The molecule has 4 nitrogen and oxygen atoms in total. The van der Waals surface area contributed by atoms with Crippen LogP contribution in [0.15, 0.2) is 40.6 Å². The molecule has 3 rings (SSSR count). The van der Waals surface area contributed by atoms with E-state index in [4.69, 9.17) is 0 Å². The molecule has 1 N–H and O–H groups in total. The van der Waals surface area contributed by atoms with Crippen molar-refractivity contribution in [1.29, 1.82) is 0 Å². The molecule has 0 amide bonds. The van der Waals surface area contributed by atoms with Gasteiger partial charge in [-0.25, -0.2) is 8.42 Å². The SMILES string of the molecule is CS(=O)(=O)c1ccccc1NCCN1CCc2sccc2C1. The van der Waals surface area contributed by atoms with E-state index in [1.165, 1.54) is 16.7 Å². The summed E-state index contributed by atoms with van der Waals surface area (Å²) < 4.78 is 23.6. The van der Waals surface area contributed by atoms with E-state index < -0.39 is 9.84 Å². The zero-order valence-electron chi connectivity index (χ0n) is 12.6. The Morgan fingerprint density at radius 2 is 2.09 bits per heavy atom. The average molecular weight is 336 g/mol. The van der Waals surface area contributed by atoms with Crippen molar-refractivity contribution >= 4 is 26.9 Å². The molecule has 0 spiro atoms. The first-order valence-corrected chi connectivity index (χ1v) is 10.1. The number of para-hydroxylation sites is 1.